The van der Waals surface area contributed by atoms with E-state index in [-0.39, 0.29) is 18.3 Å². The Morgan fingerprint density at radius 3 is 2.72 bits per heavy atom. The Balaban J connectivity index is 0.00000162. The summed E-state index contributed by atoms with van der Waals surface area (Å²) in [4.78, 5) is 15.0. The highest BCUT2D eigenvalue weighted by molar-refractivity contribution is 9.10. The average molecular weight is 354 g/mol. The molecule has 3 nitrogen and oxygen atoms in total. The van der Waals surface area contributed by atoms with Crippen LogP contribution in [0.2, 0.25) is 0 Å². The second-order valence-electron chi connectivity index (χ2n) is 4.42. The number of nitrogens with one attached hydrogen (secondary N) is 1. The number of carbonyl (C=O) groups excluding carboxylic acids is 1. The molecule has 1 aliphatic rings. The Labute approximate surface area is 126 Å². The first kappa shape index (κ1) is 16.0. The minimum Gasteiger partial charge on any atom is -0.338 e. The summed E-state index contributed by atoms with van der Waals surface area (Å²) in [5.41, 5.74) is 0. The maximum Gasteiger partial charge on any atom is 0.263 e. The molecule has 2 heterocycles. The number of amides is 1. The van der Waals surface area contributed by atoms with E-state index in [2.05, 4.69) is 21.2 Å². The molecule has 1 N–H and O–H groups in total. The summed E-state index contributed by atoms with van der Waals surface area (Å²) < 4.78 is 0.996. The van der Waals surface area contributed by atoms with Gasteiger partial charge < -0.3 is 10.2 Å². The van der Waals surface area contributed by atoms with Gasteiger partial charge in [-0.2, -0.15) is 0 Å². The molecule has 18 heavy (non-hydrogen) atoms. The Kier molecular flexibility index (Phi) is 6.63. The van der Waals surface area contributed by atoms with E-state index in [1.165, 1.54) is 11.3 Å². The van der Waals surface area contributed by atoms with E-state index in [9.17, 15) is 4.79 Å². The molecule has 1 aliphatic heterocycles. The van der Waals surface area contributed by atoms with Crippen LogP contribution in [0.25, 0.3) is 0 Å². The van der Waals surface area contributed by atoms with E-state index >= 15 is 0 Å². The lowest BCUT2D eigenvalue weighted by atomic mass is 9.97. The molecule has 1 aromatic rings. The van der Waals surface area contributed by atoms with Crippen LogP contribution in [0.15, 0.2) is 15.9 Å². The molecule has 0 radical (unpaired) electrons. The van der Waals surface area contributed by atoms with Gasteiger partial charge in [0.25, 0.3) is 5.91 Å². The van der Waals surface area contributed by atoms with Crippen LogP contribution in [-0.4, -0.2) is 37.5 Å². The highest BCUT2D eigenvalue weighted by atomic mass is 79.9. The molecule has 0 saturated carbocycles. The normalized spacial score (nSPS) is 16.4. The van der Waals surface area contributed by atoms with Crippen molar-refractivity contribution in [3.8, 4) is 0 Å². The van der Waals surface area contributed by atoms with Crippen molar-refractivity contribution in [2.75, 3.05) is 26.7 Å². The molecular formula is C12H18BrClN2OS. The standard InChI is InChI=1S/C12H17BrN2OS.ClH/c1-14-7-9-2-4-15(5-3-9)12(16)11-6-10(13)8-17-11;/h6,8-9,14H,2-5,7H2,1H3;1H. The zero-order valence-electron chi connectivity index (χ0n) is 10.3. The van der Waals surface area contributed by atoms with Gasteiger partial charge in [-0.15, -0.1) is 23.7 Å². The number of hydrogen-bond acceptors (Lipinski definition) is 3. The smallest absolute Gasteiger partial charge is 0.263 e. The van der Waals surface area contributed by atoms with Crippen molar-refractivity contribution in [2.24, 2.45) is 5.92 Å². The van der Waals surface area contributed by atoms with Crippen molar-refractivity contribution in [1.29, 1.82) is 0 Å². The fourth-order valence-electron chi connectivity index (χ4n) is 2.21. The van der Waals surface area contributed by atoms with Gasteiger partial charge >= 0.3 is 0 Å². The average Bonchev–Trinajstić information content (AvgIpc) is 2.76. The van der Waals surface area contributed by atoms with Gasteiger partial charge in [-0.05, 0) is 54.3 Å². The minimum absolute atomic E-state index is 0. The lowest BCUT2D eigenvalue weighted by Gasteiger charge is -2.31. The lowest BCUT2D eigenvalue weighted by molar-refractivity contribution is 0.0696. The molecule has 1 aromatic heterocycles. The molecule has 2 rings (SSSR count). The first-order valence-electron chi connectivity index (χ1n) is 5.88. The predicted octanol–water partition coefficient (Wildman–Crippen LogP) is 3.00. The van der Waals surface area contributed by atoms with Crippen LogP contribution in [0.3, 0.4) is 0 Å². The molecule has 0 spiro atoms. The summed E-state index contributed by atoms with van der Waals surface area (Å²) in [7, 11) is 1.99. The first-order chi connectivity index (χ1) is 8.20. The van der Waals surface area contributed by atoms with Gasteiger partial charge in [0, 0.05) is 22.9 Å². The summed E-state index contributed by atoms with van der Waals surface area (Å²) in [6, 6.07) is 1.91. The second kappa shape index (κ2) is 7.48. The zero-order valence-corrected chi connectivity index (χ0v) is 13.5. The predicted molar refractivity (Wildman–Crippen MR) is 81.8 cm³/mol. The van der Waals surface area contributed by atoms with E-state index in [4.69, 9.17) is 0 Å². The number of halogens is 2. The fraction of sp³-hybridized carbons (Fsp3) is 0.583. The SMILES string of the molecule is CNCC1CCN(C(=O)c2cc(Br)cs2)CC1.Cl. The molecule has 1 amide bonds. The Morgan fingerprint density at radius 1 is 1.56 bits per heavy atom. The highest BCUT2D eigenvalue weighted by Gasteiger charge is 2.23. The molecule has 6 heteroatoms. The fourth-order valence-corrected chi connectivity index (χ4v) is 3.60. The van der Waals surface area contributed by atoms with Gasteiger partial charge in [0.2, 0.25) is 0 Å². The maximum absolute atomic E-state index is 12.2. The Morgan fingerprint density at radius 2 is 2.22 bits per heavy atom. The van der Waals surface area contributed by atoms with Crippen LogP contribution in [0.1, 0.15) is 22.5 Å². The largest absolute Gasteiger partial charge is 0.338 e. The van der Waals surface area contributed by atoms with Gasteiger partial charge in [0.15, 0.2) is 0 Å². The molecule has 1 fully saturated rings. The molecular weight excluding hydrogens is 336 g/mol. The molecule has 0 unspecified atom stereocenters. The van der Waals surface area contributed by atoms with Crippen molar-refractivity contribution in [3.63, 3.8) is 0 Å². The molecule has 0 atom stereocenters. The first-order valence-corrected chi connectivity index (χ1v) is 7.56. The summed E-state index contributed by atoms with van der Waals surface area (Å²) >= 11 is 4.90. The van der Waals surface area contributed by atoms with E-state index in [1.807, 2.05) is 23.4 Å². The van der Waals surface area contributed by atoms with E-state index < -0.39 is 0 Å². The number of rotatable bonds is 3. The highest BCUT2D eigenvalue weighted by Crippen LogP contribution is 2.24. The van der Waals surface area contributed by atoms with Crippen molar-refractivity contribution in [1.82, 2.24) is 10.2 Å². The molecule has 0 bridgehead atoms. The third-order valence-corrected chi connectivity index (χ3v) is 4.85. The monoisotopic (exact) mass is 352 g/mol. The number of hydrogen-bond donors (Lipinski definition) is 1. The van der Waals surface area contributed by atoms with Crippen LogP contribution < -0.4 is 5.32 Å². The number of piperidine rings is 1. The minimum atomic E-state index is 0. The number of likely N-dealkylation sites (tertiary alicyclic amines) is 1. The van der Waals surface area contributed by atoms with Crippen molar-refractivity contribution in [3.05, 3.63) is 20.8 Å². The molecule has 0 aromatic carbocycles. The van der Waals surface area contributed by atoms with Gasteiger partial charge in [-0.25, -0.2) is 0 Å². The number of nitrogens with zero attached hydrogens (tertiary/aromatic N) is 1. The van der Waals surface area contributed by atoms with E-state index in [0.717, 1.165) is 47.7 Å². The van der Waals surface area contributed by atoms with Crippen molar-refractivity contribution < 1.29 is 4.79 Å². The maximum atomic E-state index is 12.2. The van der Waals surface area contributed by atoms with Gasteiger partial charge in [-0.1, -0.05) is 0 Å². The topological polar surface area (TPSA) is 32.3 Å². The van der Waals surface area contributed by atoms with Crippen LogP contribution in [-0.2, 0) is 0 Å². The van der Waals surface area contributed by atoms with Crippen molar-refractivity contribution in [2.45, 2.75) is 12.8 Å². The van der Waals surface area contributed by atoms with Crippen LogP contribution in [0.4, 0.5) is 0 Å². The molecule has 1 saturated heterocycles. The van der Waals surface area contributed by atoms with E-state index in [0.29, 0.717) is 0 Å². The third kappa shape index (κ3) is 3.95. The van der Waals surface area contributed by atoms with Gasteiger partial charge in [0.1, 0.15) is 0 Å². The van der Waals surface area contributed by atoms with E-state index in [1.54, 1.807) is 0 Å². The molecule has 102 valence electrons. The second-order valence-corrected chi connectivity index (χ2v) is 6.25. The van der Waals surface area contributed by atoms with Crippen LogP contribution in [0, 0.1) is 5.92 Å². The van der Waals surface area contributed by atoms with Gasteiger partial charge in [0.05, 0.1) is 4.88 Å². The summed E-state index contributed by atoms with van der Waals surface area (Å²) in [5.74, 6) is 0.905. The third-order valence-electron chi connectivity index (χ3n) is 3.17. The van der Waals surface area contributed by atoms with Crippen LogP contribution >= 0.6 is 39.7 Å². The number of carbonyl (C=O) groups is 1. The summed E-state index contributed by atoms with van der Waals surface area (Å²) in [6.45, 7) is 2.84. The summed E-state index contributed by atoms with van der Waals surface area (Å²) in [5, 5.41) is 5.17. The Hall–Kier alpha value is -0.100. The van der Waals surface area contributed by atoms with Crippen LogP contribution in [0.5, 0.6) is 0 Å². The molecule has 0 aliphatic carbocycles. The van der Waals surface area contributed by atoms with Gasteiger partial charge in [-0.3, -0.25) is 4.79 Å². The Bertz CT molecular complexity index is 391. The summed E-state index contributed by atoms with van der Waals surface area (Å²) in [6.07, 6.45) is 2.22. The quantitative estimate of drug-likeness (QED) is 0.906. The number of thiophene rings is 1. The lowest BCUT2D eigenvalue weighted by Crippen LogP contribution is -2.40. The zero-order chi connectivity index (χ0) is 12.3. The van der Waals surface area contributed by atoms with Crippen molar-refractivity contribution >= 4 is 45.6 Å².